The molecule has 20 heavy (non-hydrogen) atoms. The van der Waals surface area contributed by atoms with Gasteiger partial charge in [0.2, 0.25) is 0 Å². The Bertz CT molecular complexity index is 634. The zero-order chi connectivity index (χ0) is 14.1. The van der Waals surface area contributed by atoms with Crippen molar-refractivity contribution in [1.82, 2.24) is 10.3 Å². The van der Waals surface area contributed by atoms with Crippen LogP contribution in [0.3, 0.4) is 0 Å². The van der Waals surface area contributed by atoms with E-state index in [1.54, 1.807) is 6.07 Å². The zero-order valence-electron chi connectivity index (χ0n) is 11.2. The van der Waals surface area contributed by atoms with Crippen molar-refractivity contribution in [3.8, 4) is 0 Å². The first-order valence-electron chi connectivity index (χ1n) is 6.60. The summed E-state index contributed by atoms with van der Waals surface area (Å²) in [5.41, 5.74) is 1.12. The number of hydrogen-bond donors (Lipinski definition) is 1. The predicted octanol–water partition coefficient (Wildman–Crippen LogP) is 1.78. The van der Waals surface area contributed by atoms with Gasteiger partial charge in [-0.15, -0.1) is 0 Å². The van der Waals surface area contributed by atoms with Crippen molar-refractivity contribution in [2.75, 3.05) is 31.6 Å². The van der Waals surface area contributed by atoms with Gasteiger partial charge >= 0.3 is 0 Å². The minimum absolute atomic E-state index is 0.0278. The molecule has 0 bridgehead atoms. The summed E-state index contributed by atoms with van der Waals surface area (Å²) in [6, 6.07) is 4.97. The Labute approximate surface area is 115 Å². The van der Waals surface area contributed by atoms with Crippen LogP contribution in [0.25, 0.3) is 11.1 Å². The predicted molar refractivity (Wildman–Crippen MR) is 74.9 cm³/mol. The number of nitrogens with zero attached hydrogens (tertiary/aromatic N) is 3. The zero-order valence-corrected chi connectivity index (χ0v) is 11.2. The first-order valence-corrected chi connectivity index (χ1v) is 6.60. The number of fused-ring (bicyclic) bond motifs is 1. The number of anilines is 1. The highest BCUT2D eigenvalue weighted by atomic mass is 16.6. The van der Waals surface area contributed by atoms with Gasteiger partial charge in [-0.2, -0.15) is 4.98 Å². The molecule has 2 aromatic rings. The van der Waals surface area contributed by atoms with E-state index in [0.29, 0.717) is 23.0 Å². The molecule has 1 aliphatic heterocycles. The number of nitrogens with one attached hydrogen (secondary N) is 1. The van der Waals surface area contributed by atoms with Crippen molar-refractivity contribution >= 4 is 22.8 Å². The molecule has 106 valence electrons. The molecule has 2 heterocycles. The minimum atomic E-state index is -0.429. The van der Waals surface area contributed by atoms with Gasteiger partial charge in [-0.05, 0) is 31.5 Å². The van der Waals surface area contributed by atoms with Crippen LogP contribution in [0.5, 0.6) is 0 Å². The fraction of sp³-hybridized carbons (Fsp3) is 0.462. The van der Waals surface area contributed by atoms with Crippen LogP contribution >= 0.6 is 0 Å². The van der Waals surface area contributed by atoms with E-state index in [1.165, 1.54) is 12.1 Å². The normalized spacial score (nSPS) is 18.6. The molecule has 0 spiro atoms. The highest BCUT2D eigenvalue weighted by Gasteiger charge is 2.19. The summed E-state index contributed by atoms with van der Waals surface area (Å²) in [4.78, 5) is 16.6. The van der Waals surface area contributed by atoms with Crippen molar-refractivity contribution in [3.05, 3.63) is 28.3 Å². The molecule has 7 heteroatoms. The first kappa shape index (κ1) is 12.9. The third-order valence-electron chi connectivity index (χ3n) is 3.59. The van der Waals surface area contributed by atoms with Gasteiger partial charge in [-0.25, -0.2) is 0 Å². The van der Waals surface area contributed by atoms with Crippen molar-refractivity contribution in [3.63, 3.8) is 0 Å². The van der Waals surface area contributed by atoms with E-state index in [9.17, 15) is 10.1 Å². The Morgan fingerprint density at radius 3 is 3.15 bits per heavy atom. The molecule has 1 aromatic heterocycles. The Morgan fingerprint density at radius 2 is 2.45 bits per heavy atom. The van der Waals surface area contributed by atoms with Crippen LogP contribution in [0.1, 0.15) is 6.42 Å². The molecule has 1 atom stereocenters. The van der Waals surface area contributed by atoms with Gasteiger partial charge in [0.15, 0.2) is 5.58 Å². The summed E-state index contributed by atoms with van der Waals surface area (Å²) < 4.78 is 5.65. The highest BCUT2D eigenvalue weighted by Crippen LogP contribution is 2.25. The fourth-order valence-corrected chi connectivity index (χ4v) is 2.52. The number of nitro benzene ring substituents is 1. The van der Waals surface area contributed by atoms with Crippen molar-refractivity contribution < 1.29 is 9.34 Å². The maximum Gasteiger partial charge on any atom is 0.298 e. The molecule has 0 radical (unpaired) electrons. The van der Waals surface area contributed by atoms with Gasteiger partial charge in [0, 0.05) is 25.7 Å². The number of hydrogen-bond acceptors (Lipinski definition) is 6. The van der Waals surface area contributed by atoms with Gasteiger partial charge in [0.1, 0.15) is 5.52 Å². The molecular formula is C13H16N4O3. The van der Waals surface area contributed by atoms with Crippen molar-refractivity contribution in [1.29, 1.82) is 0 Å². The van der Waals surface area contributed by atoms with Crippen LogP contribution in [-0.2, 0) is 0 Å². The Hall–Kier alpha value is -2.15. The summed E-state index contributed by atoms with van der Waals surface area (Å²) in [5, 5.41) is 14.1. The van der Waals surface area contributed by atoms with Crippen LogP contribution in [0.2, 0.25) is 0 Å². The summed E-state index contributed by atoms with van der Waals surface area (Å²) in [6.45, 7) is 2.93. The van der Waals surface area contributed by atoms with E-state index >= 15 is 0 Å². The van der Waals surface area contributed by atoms with Crippen LogP contribution in [0, 0.1) is 16.0 Å². The quantitative estimate of drug-likeness (QED) is 0.677. The Kier molecular flexibility index (Phi) is 3.27. The lowest BCUT2D eigenvalue weighted by molar-refractivity contribution is -0.384. The molecule has 0 aliphatic carbocycles. The van der Waals surface area contributed by atoms with Gasteiger partial charge in [-0.1, -0.05) is 0 Å². The van der Waals surface area contributed by atoms with Crippen LogP contribution in [0.4, 0.5) is 11.7 Å². The van der Waals surface area contributed by atoms with Crippen LogP contribution in [-0.4, -0.2) is 36.6 Å². The lowest BCUT2D eigenvalue weighted by atomic mass is 10.1. The van der Waals surface area contributed by atoms with Gasteiger partial charge < -0.3 is 14.6 Å². The second-order valence-electron chi connectivity index (χ2n) is 5.14. The standard InChI is InChI=1S/C13H16N4O3/c1-16(8-9-4-5-14-7-9)13-15-11-6-10(17(18)19)2-3-12(11)20-13/h2-3,6,9,14H,4-5,7-8H2,1H3. The molecule has 1 N–H and O–H groups in total. The third-order valence-corrected chi connectivity index (χ3v) is 3.59. The number of benzene rings is 1. The average molecular weight is 276 g/mol. The second kappa shape index (κ2) is 5.09. The Balaban J connectivity index is 1.82. The second-order valence-corrected chi connectivity index (χ2v) is 5.14. The lowest BCUT2D eigenvalue weighted by Crippen LogP contribution is -2.26. The molecule has 1 unspecified atom stereocenters. The largest absolute Gasteiger partial charge is 0.423 e. The average Bonchev–Trinajstić information content (AvgIpc) is 3.05. The monoisotopic (exact) mass is 276 g/mol. The Morgan fingerprint density at radius 1 is 1.60 bits per heavy atom. The van der Waals surface area contributed by atoms with E-state index in [2.05, 4.69) is 10.3 Å². The molecular weight excluding hydrogens is 260 g/mol. The molecule has 3 rings (SSSR count). The van der Waals surface area contributed by atoms with E-state index in [0.717, 1.165) is 26.1 Å². The van der Waals surface area contributed by atoms with Gasteiger partial charge in [0.05, 0.1) is 4.92 Å². The third kappa shape index (κ3) is 2.44. The van der Waals surface area contributed by atoms with Crippen molar-refractivity contribution in [2.24, 2.45) is 5.92 Å². The topological polar surface area (TPSA) is 84.4 Å². The summed E-state index contributed by atoms with van der Waals surface area (Å²) in [5.74, 6) is 0.587. The van der Waals surface area contributed by atoms with Gasteiger partial charge in [-0.3, -0.25) is 10.1 Å². The summed E-state index contributed by atoms with van der Waals surface area (Å²) in [6.07, 6.45) is 1.15. The number of rotatable bonds is 4. The van der Waals surface area contributed by atoms with E-state index in [1.807, 2.05) is 11.9 Å². The molecule has 1 aromatic carbocycles. The maximum atomic E-state index is 10.7. The van der Waals surface area contributed by atoms with E-state index < -0.39 is 4.92 Å². The fourth-order valence-electron chi connectivity index (χ4n) is 2.52. The smallest absolute Gasteiger partial charge is 0.298 e. The molecule has 0 saturated carbocycles. The van der Waals surface area contributed by atoms with Crippen LogP contribution in [0.15, 0.2) is 22.6 Å². The first-order chi connectivity index (χ1) is 9.63. The molecule has 1 saturated heterocycles. The summed E-state index contributed by atoms with van der Waals surface area (Å²) >= 11 is 0. The highest BCUT2D eigenvalue weighted by molar-refractivity contribution is 5.77. The van der Waals surface area contributed by atoms with Crippen LogP contribution < -0.4 is 10.2 Å². The maximum absolute atomic E-state index is 10.7. The van der Waals surface area contributed by atoms with Crippen molar-refractivity contribution in [2.45, 2.75) is 6.42 Å². The molecule has 0 amide bonds. The number of nitro groups is 1. The molecule has 7 nitrogen and oxygen atoms in total. The number of oxazole rings is 1. The molecule has 1 aliphatic rings. The summed E-state index contributed by atoms with van der Waals surface area (Å²) in [7, 11) is 1.93. The van der Waals surface area contributed by atoms with E-state index in [-0.39, 0.29) is 5.69 Å². The number of non-ortho nitro benzene ring substituents is 1. The lowest BCUT2D eigenvalue weighted by Gasteiger charge is -2.18. The van der Waals surface area contributed by atoms with Gasteiger partial charge in [0.25, 0.3) is 11.7 Å². The molecule has 1 fully saturated rings. The SMILES string of the molecule is CN(CC1CCNC1)c1nc2cc([N+](=O)[O-])ccc2o1. The minimum Gasteiger partial charge on any atom is -0.423 e. The number of aromatic nitrogens is 1. The van der Waals surface area contributed by atoms with E-state index in [4.69, 9.17) is 4.42 Å².